The monoisotopic (exact) mass is 281 g/mol. The van der Waals surface area contributed by atoms with Gasteiger partial charge in [-0.25, -0.2) is 4.98 Å². The van der Waals surface area contributed by atoms with Crippen LogP contribution in [0.3, 0.4) is 0 Å². The van der Waals surface area contributed by atoms with E-state index in [1.165, 1.54) is 5.56 Å². The molecule has 2 N–H and O–H groups in total. The van der Waals surface area contributed by atoms with Gasteiger partial charge in [-0.15, -0.1) is 0 Å². The maximum Gasteiger partial charge on any atom is 0.231 e. The third-order valence-electron chi connectivity index (χ3n) is 3.75. The SMILES string of the molecule is Cc1nc2cc3c(cc2n1Cc1ccc(N)cc1)OCO3. The summed E-state index contributed by atoms with van der Waals surface area (Å²) in [4.78, 5) is 4.61. The lowest BCUT2D eigenvalue weighted by Gasteiger charge is -2.08. The predicted octanol–water partition coefficient (Wildman–Crippen LogP) is 2.70. The Bertz CT molecular complexity index is 822. The van der Waals surface area contributed by atoms with Gasteiger partial charge < -0.3 is 19.8 Å². The summed E-state index contributed by atoms with van der Waals surface area (Å²) in [6.07, 6.45) is 0. The number of hydrogen-bond acceptors (Lipinski definition) is 4. The first-order valence-electron chi connectivity index (χ1n) is 6.81. The number of nitrogens with zero attached hydrogens (tertiary/aromatic N) is 2. The zero-order valence-electron chi connectivity index (χ0n) is 11.7. The van der Waals surface area contributed by atoms with Gasteiger partial charge in [0.15, 0.2) is 11.5 Å². The van der Waals surface area contributed by atoms with Crippen LogP contribution in [-0.4, -0.2) is 16.3 Å². The van der Waals surface area contributed by atoms with E-state index in [9.17, 15) is 0 Å². The van der Waals surface area contributed by atoms with Gasteiger partial charge in [-0.1, -0.05) is 12.1 Å². The Kier molecular flexibility index (Phi) is 2.54. The number of aryl methyl sites for hydroxylation is 1. The fourth-order valence-electron chi connectivity index (χ4n) is 2.64. The largest absolute Gasteiger partial charge is 0.454 e. The van der Waals surface area contributed by atoms with Crippen LogP contribution in [0.2, 0.25) is 0 Å². The number of nitrogen functional groups attached to an aromatic ring is 1. The minimum absolute atomic E-state index is 0.277. The summed E-state index contributed by atoms with van der Waals surface area (Å²) in [5.74, 6) is 2.51. The van der Waals surface area contributed by atoms with E-state index >= 15 is 0 Å². The average molecular weight is 281 g/mol. The topological polar surface area (TPSA) is 62.3 Å². The molecule has 5 heteroatoms. The van der Waals surface area contributed by atoms with Crippen LogP contribution >= 0.6 is 0 Å². The minimum Gasteiger partial charge on any atom is -0.454 e. The second-order valence-corrected chi connectivity index (χ2v) is 5.18. The third-order valence-corrected chi connectivity index (χ3v) is 3.75. The number of rotatable bonds is 2. The molecule has 1 aromatic heterocycles. The summed E-state index contributed by atoms with van der Waals surface area (Å²) in [5.41, 5.74) is 9.66. The van der Waals surface area contributed by atoms with Crippen LogP contribution in [0.1, 0.15) is 11.4 Å². The molecule has 1 aliphatic rings. The molecule has 0 unspecified atom stereocenters. The Balaban J connectivity index is 1.80. The van der Waals surface area contributed by atoms with E-state index < -0.39 is 0 Å². The van der Waals surface area contributed by atoms with Gasteiger partial charge >= 0.3 is 0 Å². The number of nitrogens with two attached hydrogens (primary N) is 1. The van der Waals surface area contributed by atoms with Crippen molar-refractivity contribution < 1.29 is 9.47 Å². The highest BCUT2D eigenvalue weighted by Crippen LogP contribution is 2.36. The van der Waals surface area contributed by atoms with E-state index in [1.54, 1.807) is 0 Å². The third kappa shape index (κ3) is 1.98. The van der Waals surface area contributed by atoms with Crippen LogP contribution in [0.5, 0.6) is 11.5 Å². The average Bonchev–Trinajstić information content (AvgIpc) is 3.03. The second-order valence-electron chi connectivity index (χ2n) is 5.18. The summed E-state index contributed by atoms with van der Waals surface area (Å²) in [5, 5.41) is 0. The molecule has 21 heavy (non-hydrogen) atoms. The smallest absolute Gasteiger partial charge is 0.231 e. The van der Waals surface area contributed by atoms with Gasteiger partial charge in [0.05, 0.1) is 11.0 Å². The first-order chi connectivity index (χ1) is 10.2. The maximum atomic E-state index is 5.73. The Morgan fingerprint density at radius 3 is 2.62 bits per heavy atom. The van der Waals surface area contributed by atoms with Crippen LogP contribution in [0.15, 0.2) is 36.4 Å². The first-order valence-corrected chi connectivity index (χ1v) is 6.81. The van der Waals surface area contributed by atoms with Crippen molar-refractivity contribution in [3.8, 4) is 11.5 Å². The summed E-state index contributed by atoms with van der Waals surface area (Å²) in [6, 6.07) is 11.8. The van der Waals surface area contributed by atoms with E-state index in [4.69, 9.17) is 15.2 Å². The molecule has 4 rings (SSSR count). The molecule has 0 saturated carbocycles. The van der Waals surface area contributed by atoms with Crippen molar-refractivity contribution in [2.24, 2.45) is 0 Å². The molecule has 0 bridgehead atoms. The lowest BCUT2D eigenvalue weighted by molar-refractivity contribution is 0.174. The number of imidazole rings is 1. The van der Waals surface area contributed by atoms with Gasteiger partial charge in [-0.3, -0.25) is 0 Å². The van der Waals surface area contributed by atoms with Crippen LogP contribution in [-0.2, 0) is 6.54 Å². The molecule has 1 aliphatic heterocycles. The Hall–Kier alpha value is -2.69. The van der Waals surface area contributed by atoms with Gasteiger partial charge in [0.25, 0.3) is 0 Å². The normalized spacial score (nSPS) is 13.0. The van der Waals surface area contributed by atoms with Crippen LogP contribution in [0.25, 0.3) is 11.0 Å². The van der Waals surface area contributed by atoms with Gasteiger partial charge in [0, 0.05) is 24.4 Å². The molecule has 106 valence electrons. The van der Waals surface area contributed by atoms with E-state index in [0.717, 1.165) is 40.6 Å². The molecule has 0 fully saturated rings. The van der Waals surface area contributed by atoms with Gasteiger partial charge in [-0.05, 0) is 24.6 Å². The van der Waals surface area contributed by atoms with Gasteiger partial charge in [-0.2, -0.15) is 0 Å². The van der Waals surface area contributed by atoms with Crippen molar-refractivity contribution in [3.05, 3.63) is 47.8 Å². The minimum atomic E-state index is 0.277. The van der Waals surface area contributed by atoms with E-state index in [-0.39, 0.29) is 6.79 Å². The van der Waals surface area contributed by atoms with Crippen molar-refractivity contribution in [1.29, 1.82) is 0 Å². The first kappa shape index (κ1) is 12.1. The van der Waals surface area contributed by atoms with Crippen molar-refractivity contribution >= 4 is 16.7 Å². The summed E-state index contributed by atoms with van der Waals surface area (Å²) >= 11 is 0. The number of aromatic nitrogens is 2. The van der Waals surface area contributed by atoms with Crippen molar-refractivity contribution in [3.63, 3.8) is 0 Å². The molecule has 0 atom stereocenters. The molecule has 3 aromatic rings. The zero-order valence-corrected chi connectivity index (χ0v) is 11.7. The van der Waals surface area contributed by atoms with E-state index in [0.29, 0.717) is 0 Å². The molecule has 0 radical (unpaired) electrons. The summed E-state index contributed by atoms with van der Waals surface area (Å²) < 4.78 is 13.0. The number of hydrogen-bond donors (Lipinski definition) is 1. The Morgan fingerprint density at radius 1 is 1.14 bits per heavy atom. The maximum absolute atomic E-state index is 5.73. The number of fused-ring (bicyclic) bond motifs is 2. The quantitative estimate of drug-likeness (QED) is 0.734. The number of benzene rings is 2. The van der Waals surface area contributed by atoms with Gasteiger partial charge in [0.2, 0.25) is 6.79 Å². The number of anilines is 1. The lowest BCUT2D eigenvalue weighted by atomic mass is 10.2. The second kappa shape index (κ2) is 4.41. The highest BCUT2D eigenvalue weighted by Gasteiger charge is 2.18. The zero-order chi connectivity index (χ0) is 14.4. The molecule has 0 aliphatic carbocycles. The standard InChI is InChI=1S/C16H15N3O2/c1-10-18-13-6-15-16(21-9-20-15)7-14(13)19(10)8-11-2-4-12(17)5-3-11/h2-7H,8-9,17H2,1H3. The van der Waals surface area contributed by atoms with Crippen molar-refractivity contribution in [2.75, 3.05) is 12.5 Å². The van der Waals surface area contributed by atoms with Crippen molar-refractivity contribution in [2.45, 2.75) is 13.5 Å². The van der Waals surface area contributed by atoms with Crippen molar-refractivity contribution in [1.82, 2.24) is 9.55 Å². The molecule has 2 heterocycles. The molecule has 2 aromatic carbocycles. The summed E-state index contributed by atoms with van der Waals surface area (Å²) in [7, 11) is 0. The van der Waals surface area contributed by atoms with Crippen LogP contribution < -0.4 is 15.2 Å². The van der Waals surface area contributed by atoms with Gasteiger partial charge in [0.1, 0.15) is 5.82 Å². The lowest BCUT2D eigenvalue weighted by Crippen LogP contribution is -2.02. The van der Waals surface area contributed by atoms with Crippen LogP contribution in [0, 0.1) is 6.92 Å². The molecule has 0 amide bonds. The molecular weight excluding hydrogens is 266 g/mol. The Morgan fingerprint density at radius 2 is 1.86 bits per heavy atom. The molecule has 0 saturated heterocycles. The van der Waals surface area contributed by atoms with Crippen LogP contribution in [0.4, 0.5) is 5.69 Å². The molecule has 5 nitrogen and oxygen atoms in total. The number of ether oxygens (including phenoxy) is 2. The fourth-order valence-corrected chi connectivity index (χ4v) is 2.64. The highest BCUT2D eigenvalue weighted by molar-refractivity contribution is 5.81. The fraction of sp³-hybridized carbons (Fsp3) is 0.188. The predicted molar refractivity (Wildman–Crippen MR) is 80.5 cm³/mol. The van der Waals surface area contributed by atoms with E-state index in [1.807, 2.05) is 43.3 Å². The summed E-state index contributed by atoms with van der Waals surface area (Å²) in [6.45, 7) is 3.03. The van der Waals surface area contributed by atoms with E-state index in [2.05, 4.69) is 9.55 Å². The Labute approximate surface area is 121 Å². The molecule has 0 spiro atoms. The molecular formula is C16H15N3O2. The highest BCUT2D eigenvalue weighted by atomic mass is 16.7.